The summed E-state index contributed by atoms with van der Waals surface area (Å²) in [6, 6.07) is 18.5. The van der Waals surface area contributed by atoms with E-state index in [2.05, 4.69) is 72.1 Å². The second-order valence-electron chi connectivity index (χ2n) is 23.1. The summed E-state index contributed by atoms with van der Waals surface area (Å²) in [6.07, 6.45) is 23.0. The molecule has 0 heterocycles. The van der Waals surface area contributed by atoms with Gasteiger partial charge in [-0.15, -0.1) is 0 Å². The second kappa shape index (κ2) is 14.6. The van der Waals surface area contributed by atoms with Crippen LogP contribution in [0.1, 0.15) is 132 Å². The van der Waals surface area contributed by atoms with Gasteiger partial charge in [-0.05, 0) is 253 Å². The van der Waals surface area contributed by atoms with Gasteiger partial charge in [-0.3, -0.25) is 0 Å². The molecule has 9 heteroatoms. The van der Waals surface area contributed by atoms with Crippen molar-refractivity contribution in [2.24, 2.45) is 53.3 Å². The van der Waals surface area contributed by atoms with Gasteiger partial charge in [0.2, 0.25) is 0 Å². The fourth-order valence-electron chi connectivity index (χ4n) is 17.8. The molecule has 0 unspecified atom stereocenters. The van der Waals surface area contributed by atoms with Crippen LogP contribution in [0, 0.1) is 53.3 Å². The van der Waals surface area contributed by atoms with Crippen LogP contribution in [0.3, 0.4) is 0 Å². The Kier molecular flexibility index (Phi) is 9.34. The number of ether oxygens (including phenoxy) is 3. The Morgan fingerprint density at radius 1 is 0.349 bits per heavy atom. The lowest BCUT2D eigenvalue weighted by molar-refractivity contribution is -0.0205. The molecule has 63 heavy (non-hydrogen) atoms. The summed E-state index contributed by atoms with van der Waals surface area (Å²) in [5.41, 5.74) is 26.2. The first-order valence-corrected chi connectivity index (χ1v) is 26.7. The first-order chi connectivity index (χ1) is 30.4. The van der Waals surface area contributed by atoms with E-state index in [1.807, 2.05) is 30.3 Å². The van der Waals surface area contributed by atoms with Crippen LogP contribution in [0.5, 0.6) is 34.5 Å². The highest BCUT2D eigenvalue weighted by Gasteiger charge is 2.62. The number of rotatable bonds is 9. The molecule has 12 saturated carbocycles. The van der Waals surface area contributed by atoms with Crippen LogP contribution in [0.4, 0.5) is 17.1 Å². The van der Waals surface area contributed by atoms with Gasteiger partial charge in [0.15, 0.2) is 11.5 Å². The Bertz CT molecular complexity index is 2450. The molecule has 12 fully saturated rings. The zero-order valence-electron chi connectivity index (χ0n) is 36.2. The molecule has 0 amide bonds. The monoisotopic (exact) mass is 1040 g/mol. The lowest BCUT2D eigenvalue weighted by atomic mass is 9.43. The van der Waals surface area contributed by atoms with E-state index in [4.69, 9.17) is 31.4 Å². The molecule has 16 rings (SSSR count). The summed E-state index contributed by atoms with van der Waals surface area (Å²) in [5, 5.41) is 0. The summed E-state index contributed by atoms with van der Waals surface area (Å²) in [4.78, 5) is 0. The van der Waals surface area contributed by atoms with E-state index in [9.17, 15) is 0 Å². The van der Waals surface area contributed by atoms with Crippen molar-refractivity contribution in [3.8, 4) is 34.5 Å². The molecule has 6 N–H and O–H groups in total. The molecule has 0 spiro atoms. The molecule has 0 aliphatic heterocycles. The van der Waals surface area contributed by atoms with Gasteiger partial charge < -0.3 is 31.4 Å². The van der Waals surface area contributed by atoms with Gasteiger partial charge in [-0.1, -0.05) is 0 Å². The third kappa shape index (κ3) is 6.59. The van der Waals surface area contributed by atoms with Gasteiger partial charge in [-0.2, -0.15) is 0 Å². The molecule has 12 aliphatic rings. The number of anilines is 3. The smallest absolute Gasteiger partial charge is 0.177 e. The molecule has 12 aliphatic carbocycles. The van der Waals surface area contributed by atoms with E-state index in [1.165, 1.54) is 113 Å². The third-order valence-electron chi connectivity index (χ3n) is 18.6. The number of nitrogens with two attached hydrogens (primary N) is 3. The van der Waals surface area contributed by atoms with E-state index in [-0.39, 0.29) is 16.2 Å². The standard InChI is InChI=1S/C54H60Br3N3O3/c55-40-4-1-37(16-43(40)58)61-49-46(52-19-28-7-29(20-52)9-30(8-28)21-52)47(53-22-31-10-32(23-53)12-33(11-31)24-53)50(62-38-2-5-41(56)44(59)17-38)51(63-39-3-6-42(57)45(60)18-39)48(49)54-25-34-13-35(26-54)15-36(14-34)27-54/h1-6,16-18,28-36H,7-15,19-27,58-60H2. The number of nitrogen functional groups attached to an aromatic ring is 3. The van der Waals surface area contributed by atoms with Gasteiger partial charge in [0, 0.05) is 81.6 Å². The molecule has 4 aromatic carbocycles. The average Bonchev–Trinajstić information content (AvgIpc) is 3.21. The minimum Gasteiger partial charge on any atom is -0.457 e. The highest BCUT2D eigenvalue weighted by Crippen LogP contribution is 2.73. The minimum absolute atomic E-state index is 0.0157. The van der Waals surface area contributed by atoms with Crippen LogP contribution in [0.15, 0.2) is 68.0 Å². The van der Waals surface area contributed by atoms with Crippen molar-refractivity contribution < 1.29 is 14.2 Å². The van der Waals surface area contributed by atoms with Crippen LogP contribution >= 0.6 is 47.8 Å². The van der Waals surface area contributed by atoms with Crippen molar-refractivity contribution in [2.75, 3.05) is 17.2 Å². The van der Waals surface area contributed by atoms with Gasteiger partial charge in [0.1, 0.15) is 23.0 Å². The van der Waals surface area contributed by atoms with Crippen molar-refractivity contribution >= 4 is 64.9 Å². The van der Waals surface area contributed by atoms with Crippen LogP contribution in [0.2, 0.25) is 0 Å². The summed E-state index contributed by atoms with van der Waals surface area (Å²) < 4.78 is 26.1. The molecule has 0 saturated heterocycles. The number of benzene rings is 4. The molecule has 12 bridgehead atoms. The van der Waals surface area contributed by atoms with E-state index in [1.54, 1.807) is 0 Å². The third-order valence-corrected chi connectivity index (χ3v) is 20.8. The molecular weight excluding hydrogens is 978 g/mol. The highest BCUT2D eigenvalue weighted by molar-refractivity contribution is 9.11. The second-order valence-corrected chi connectivity index (χ2v) is 25.6. The van der Waals surface area contributed by atoms with Gasteiger partial charge in [0.25, 0.3) is 0 Å². The molecule has 330 valence electrons. The fraction of sp³-hybridized carbons (Fsp3) is 0.556. The van der Waals surface area contributed by atoms with Gasteiger partial charge in [0.05, 0.1) is 0 Å². The zero-order chi connectivity index (χ0) is 42.6. The predicted molar refractivity (Wildman–Crippen MR) is 262 cm³/mol. The normalized spacial score (nSPS) is 37.5. The molecule has 6 nitrogen and oxygen atoms in total. The predicted octanol–water partition coefficient (Wildman–Crippen LogP) is 15.5. The molecule has 4 aromatic rings. The number of hydrogen-bond acceptors (Lipinski definition) is 6. The Morgan fingerprint density at radius 2 is 0.587 bits per heavy atom. The van der Waals surface area contributed by atoms with Crippen molar-refractivity contribution in [3.63, 3.8) is 0 Å². The molecular formula is C54H60Br3N3O3. The lowest BCUT2D eigenvalue weighted by Crippen LogP contribution is -2.53. The summed E-state index contributed by atoms with van der Waals surface area (Å²) in [6.45, 7) is 0. The minimum atomic E-state index is -0.130. The van der Waals surface area contributed by atoms with Crippen molar-refractivity contribution in [1.82, 2.24) is 0 Å². The summed E-state index contributed by atoms with van der Waals surface area (Å²) >= 11 is 11.1. The van der Waals surface area contributed by atoms with Crippen LogP contribution in [-0.2, 0) is 16.2 Å². The molecule has 0 radical (unpaired) electrons. The Balaban J connectivity index is 1.18. The first kappa shape index (κ1) is 40.4. The average molecular weight is 1040 g/mol. The van der Waals surface area contributed by atoms with E-state index in [0.29, 0.717) is 34.8 Å². The first-order valence-electron chi connectivity index (χ1n) is 24.3. The van der Waals surface area contributed by atoms with E-state index >= 15 is 0 Å². The Labute approximate surface area is 397 Å². The van der Waals surface area contributed by atoms with Crippen molar-refractivity contribution in [1.29, 1.82) is 0 Å². The largest absolute Gasteiger partial charge is 0.457 e. The van der Waals surface area contributed by atoms with Crippen molar-refractivity contribution in [2.45, 2.75) is 132 Å². The van der Waals surface area contributed by atoms with Gasteiger partial charge >= 0.3 is 0 Å². The summed E-state index contributed by atoms with van der Waals surface area (Å²) in [7, 11) is 0. The number of halogens is 3. The van der Waals surface area contributed by atoms with Crippen LogP contribution in [0.25, 0.3) is 0 Å². The highest BCUT2D eigenvalue weighted by atomic mass is 79.9. The van der Waals surface area contributed by atoms with Crippen LogP contribution in [-0.4, -0.2) is 0 Å². The van der Waals surface area contributed by atoms with Crippen molar-refractivity contribution in [3.05, 3.63) is 84.7 Å². The van der Waals surface area contributed by atoms with E-state index in [0.717, 1.165) is 103 Å². The van der Waals surface area contributed by atoms with Crippen LogP contribution < -0.4 is 31.4 Å². The fourth-order valence-corrected chi connectivity index (χ4v) is 18.6. The zero-order valence-corrected chi connectivity index (χ0v) is 41.0. The molecule has 0 atom stereocenters. The Hall–Kier alpha value is -2.88. The topological polar surface area (TPSA) is 106 Å². The van der Waals surface area contributed by atoms with E-state index < -0.39 is 0 Å². The summed E-state index contributed by atoms with van der Waals surface area (Å²) in [5.74, 6) is 11.7. The maximum Gasteiger partial charge on any atom is 0.177 e. The quantitative estimate of drug-likeness (QED) is 0.144. The Morgan fingerprint density at radius 3 is 0.873 bits per heavy atom. The van der Waals surface area contributed by atoms with Gasteiger partial charge in [-0.25, -0.2) is 0 Å². The number of hydrogen-bond donors (Lipinski definition) is 3. The maximum absolute atomic E-state index is 7.93. The lowest BCUT2D eigenvalue weighted by Gasteiger charge is -2.62. The molecule has 0 aromatic heterocycles. The maximum atomic E-state index is 7.93. The SMILES string of the molecule is Nc1cc(Oc2c(Oc3ccc(Br)c(N)c3)c(C34CC5CC(CC(C5)C3)C4)c(C34CC5CC(CC(C5)C3)C4)c(Oc3ccc(Br)c(N)c3)c2C23CC4CC(CC(C4)C2)C3)ccc1Br.